The molecule has 1 aromatic rings. The summed E-state index contributed by atoms with van der Waals surface area (Å²) in [5.41, 5.74) is 6.06. The van der Waals surface area contributed by atoms with Crippen molar-refractivity contribution in [3.63, 3.8) is 0 Å². The fourth-order valence-electron chi connectivity index (χ4n) is 2.02. The Labute approximate surface area is 110 Å². The number of carboxylic acid groups (broad SMARTS) is 1. The van der Waals surface area contributed by atoms with E-state index in [9.17, 15) is 9.59 Å². The van der Waals surface area contributed by atoms with Crippen LogP contribution in [0.3, 0.4) is 0 Å². The van der Waals surface area contributed by atoms with Gasteiger partial charge in [-0.25, -0.2) is 4.79 Å². The topological polar surface area (TPSA) is 102 Å². The Bertz CT molecular complexity index is 489. The number of benzene rings is 1. The molecule has 6 nitrogen and oxygen atoms in total. The van der Waals surface area contributed by atoms with Crippen LogP contribution in [-0.2, 0) is 9.53 Å². The summed E-state index contributed by atoms with van der Waals surface area (Å²) in [5, 5.41) is 11.5. The highest BCUT2D eigenvalue weighted by Crippen LogP contribution is 2.20. The molecule has 2 unspecified atom stereocenters. The summed E-state index contributed by atoms with van der Waals surface area (Å²) in [5.74, 6) is -1.30. The molecular weight excluding hydrogens is 248 g/mol. The third kappa shape index (κ3) is 3.30. The monoisotopic (exact) mass is 264 g/mol. The number of rotatable bonds is 4. The Morgan fingerprint density at radius 2 is 2.21 bits per heavy atom. The van der Waals surface area contributed by atoms with Gasteiger partial charge < -0.3 is 20.9 Å². The SMILES string of the molecule is NCC1CCC(C(=O)Nc2cccc(C(=O)O)c2)O1. The number of carbonyl (C=O) groups is 2. The van der Waals surface area contributed by atoms with E-state index in [1.807, 2.05) is 0 Å². The van der Waals surface area contributed by atoms with Crippen molar-refractivity contribution in [2.24, 2.45) is 5.73 Å². The van der Waals surface area contributed by atoms with Crippen molar-refractivity contribution in [2.75, 3.05) is 11.9 Å². The first-order chi connectivity index (χ1) is 9.10. The maximum atomic E-state index is 11.9. The van der Waals surface area contributed by atoms with Gasteiger partial charge in [-0.3, -0.25) is 4.79 Å². The first kappa shape index (κ1) is 13.5. The number of hydrogen-bond donors (Lipinski definition) is 3. The quantitative estimate of drug-likeness (QED) is 0.747. The highest BCUT2D eigenvalue weighted by molar-refractivity contribution is 5.96. The van der Waals surface area contributed by atoms with Crippen LogP contribution < -0.4 is 11.1 Å². The van der Waals surface area contributed by atoms with Crippen LogP contribution in [-0.4, -0.2) is 35.7 Å². The van der Waals surface area contributed by atoms with Crippen molar-refractivity contribution in [3.8, 4) is 0 Å². The average molecular weight is 264 g/mol. The summed E-state index contributed by atoms with van der Waals surface area (Å²) < 4.78 is 5.47. The average Bonchev–Trinajstić information content (AvgIpc) is 2.88. The smallest absolute Gasteiger partial charge is 0.335 e. The Kier molecular flexibility index (Phi) is 4.13. The standard InChI is InChI=1S/C13H16N2O4/c14-7-10-4-5-11(19-10)12(16)15-9-3-1-2-8(6-9)13(17)18/h1-3,6,10-11H,4-5,7,14H2,(H,15,16)(H,17,18). The van der Waals surface area contributed by atoms with Gasteiger partial charge in [0.2, 0.25) is 0 Å². The summed E-state index contributed by atoms with van der Waals surface area (Å²) in [7, 11) is 0. The van der Waals surface area contributed by atoms with Gasteiger partial charge in [0.05, 0.1) is 11.7 Å². The van der Waals surface area contributed by atoms with Gasteiger partial charge >= 0.3 is 5.97 Å². The fourth-order valence-corrected chi connectivity index (χ4v) is 2.02. The molecule has 0 saturated carbocycles. The number of amides is 1. The Balaban J connectivity index is 1.99. The molecular formula is C13H16N2O4. The van der Waals surface area contributed by atoms with E-state index in [-0.39, 0.29) is 17.6 Å². The van der Waals surface area contributed by atoms with E-state index < -0.39 is 12.1 Å². The van der Waals surface area contributed by atoms with E-state index in [1.54, 1.807) is 12.1 Å². The largest absolute Gasteiger partial charge is 0.478 e. The van der Waals surface area contributed by atoms with Crippen LogP contribution in [0.25, 0.3) is 0 Å². The molecule has 0 aromatic heterocycles. The number of ether oxygens (including phenoxy) is 1. The molecule has 0 bridgehead atoms. The zero-order chi connectivity index (χ0) is 13.8. The second-order valence-corrected chi connectivity index (χ2v) is 4.43. The van der Waals surface area contributed by atoms with E-state index in [2.05, 4.69) is 5.32 Å². The van der Waals surface area contributed by atoms with E-state index in [1.165, 1.54) is 12.1 Å². The second kappa shape index (κ2) is 5.81. The molecule has 6 heteroatoms. The summed E-state index contributed by atoms with van der Waals surface area (Å²) in [6.45, 7) is 0.401. The van der Waals surface area contributed by atoms with E-state index in [0.717, 1.165) is 6.42 Å². The number of nitrogens with two attached hydrogens (primary N) is 1. The number of hydrogen-bond acceptors (Lipinski definition) is 4. The van der Waals surface area contributed by atoms with E-state index in [4.69, 9.17) is 15.6 Å². The van der Waals surface area contributed by atoms with Gasteiger partial charge in [0.15, 0.2) is 0 Å². The van der Waals surface area contributed by atoms with Crippen molar-refractivity contribution < 1.29 is 19.4 Å². The second-order valence-electron chi connectivity index (χ2n) is 4.43. The first-order valence-electron chi connectivity index (χ1n) is 6.10. The molecule has 1 aromatic carbocycles. The lowest BCUT2D eigenvalue weighted by molar-refractivity contribution is -0.126. The Morgan fingerprint density at radius 1 is 1.42 bits per heavy atom. The van der Waals surface area contributed by atoms with Crippen molar-refractivity contribution in [2.45, 2.75) is 25.0 Å². The van der Waals surface area contributed by atoms with Crippen molar-refractivity contribution in [1.82, 2.24) is 0 Å². The minimum Gasteiger partial charge on any atom is -0.478 e. The van der Waals surface area contributed by atoms with Crippen LogP contribution in [0.2, 0.25) is 0 Å². The molecule has 1 saturated heterocycles. The van der Waals surface area contributed by atoms with Gasteiger partial charge in [-0.15, -0.1) is 0 Å². The third-order valence-electron chi connectivity index (χ3n) is 3.04. The van der Waals surface area contributed by atoms with Gasteiger partial charge in [-0.2, -0.15) is 0 Å². The van der Waals surface area contributed by atoms with Crippen molar-refractivity contribution in [1.29, 1.82) is 0 Å². The van der Waals surface area contributed by atoms with Gasteiger partial charge in [0.25, 0.3) is 5.91 Å². The predicted octanol–water partition coefficient (Wildman–Crippen LogP) is 0.830. The van der Waals surface area contributed by atoms with E-state index in [0.29, 0.717) is 18.7 Å². The number of aromatic carboxylic acids is 1. The lowest BCUT2D eigenvalue weighted by atomic mass is 10.1. The molecule has 1 fully saturated rings. The number of anilines is 1. The van der Waals surface area contributed by atoms with Crippen molar-refractivity contribution in [3.05, 3.63) is 29.8 Å². The molecule has 0 spiro atoms. The molecule has 102 valence electrons. The lowest BCUT2D eigenvalue weighted by Crippen LogP contribution is -2.29. The molecule has 2 atom stereocenters. The lowest BCUT2D eigenvalue weighted by Gasteiger charge is -2.12. The predicted molar refractivity (Wildman–Crippen MR) is 69.0 cm³/mol. The Hall–Kier alpha value is -1.92. The fraction of sp³-hybridized carbons (Fsp3) is 0.385. The van der Waals surface area contributed by atoms with E-state index >= 15 is 0 Å². The normalized spacial score (nSPS) is 22.2. The van der Waals surface area contributed by atoms with Crippen LogP contribution in [0, 0.1) is 0 Å². The van der Waals surface area contributed by atoms with Crippen LogP contribution in [0.5, 0.6) is 0 Å². The number of carbonyl (C=O) groups excluding carboxylic acids is 1. The molecule has 1 aliphatic heterocycles. The summed E-state index contributed by atoms with van der Waals surface area (Å²) in [4.78, 5) is 22.8. The molecule has 19 heavy (non-hydrogen) atoms. The molecule has 2 rings (SSSR count). The van der Waals surface area contributed by atoms with Gasteiger partial charge in [-0.1, -0.05) is 6.07 Å². The number of carboxylic acids is 1. The van der Waals surface area contributed by atoms with Crippen LogP contribution in [0.1, 0.15) is 23.2 Å². The molecule has 1 heterocycles. The molecule has 0 aliphatic carbocycles. The van der Waals surface area contributed by atoms with Gasteiger partial charge in [0, 0.05) is 12.2 Å². The zero-order valence-electron chi connectivity index (χ0n) is 10.3. The zero-order valence-corrected chi connectivity index (χ0v) is 10.3. The summed E-state index contributed by atoms with van der Waals surface area (Å²) >= 11 is 0. The summed E-state index contributed by atoms with van der Waals surface area (Å²) in [6.07, 6.45) is 0.818. The minimum absolute atomic E-state index is 0.0684. The Morgan fingerprint density at radius 3 is 2.84 bits per heavy atom. The van der Waals surface area contributed by atoms with Crippen molar-refractivity contribution >= 4 is 17.6 Å². The summed E-state index contributed by atoms with van der Waals surface area (Å²) in [6, 6.07) is 6.10. The molecule has 4 N–H and O–H groups in total. The maximum absolute atomic E-state index is 11.9. The minimum atomic E-state index is -1.03. The van der Waals surface area contributed by atoms with Gasteiger partial charge in [0.1, 0.15) is 6.10 Å². The van der Waals surface area contributed by atoms with Gasteiger partial charge in [-0.05, 0) is 31.0 Å². The molecule has 1 aliphatic rings. The van der Waals surface area contributed by atoms with Crippen LogP contribution in [0.15, 0.2) is 24.3 Å². The first-order valence-corrected chi connectivity index (χ1v) is 6.10. The maximum Gasteiger partial charge on any atom is 0.335 e. The van der Waals surface area contributed by atoms with Crippen LogP contribution >= 0.6 is 0 Å². The molecule has 0 radical (unpaired) electrons. The highest BCUT2D eigenvalue weighted by atomic mass is 16.5. The third-order valence-corrected chi connectivity index (χ3v) is 3.04. The highest BCUT2D eigenvalue weighted by Gasteiger charge is 2.29. The number of nitrogens with one attached hydrogen (secondary N) is 1. The molecule has 1 amide bonds. The van der Waals surface area contributed by atoms with Crippen LogP contribution in [0.4, 0.5) is 5.69 Å².